The van der Waals surface area contributed by atoms with Gasteiger partial charge in [-0.25, -0.2) is 4.39 Å². The van der Waals surface area contributed by atoms with Crippen molar-refractivity contribution in [2.45, 2.75) is 44.2 Å². The molecule has 0 aromatic heterocycles. The van der Waals surface area contributed by atoms with E-state index in [2.05, 4.69) is 5.32 Å². The summed E-state index contributed by atoms with van der Waals surface area (Å²) >= 11 is 1.04. The van der Waals surface area contributed by atoms with Gasteiger partial charge >= 0.3 is 5.97 Å². The standard InChI is InChI=1S/C15H20FNO3S/c1-10(14(19)17-15(2,3)4)20-13(18)9-21-12-8-6-5-7-11(12)16/h5-8,10H,9H2,1-4H3,(H,17,19)/t10-/m0/s1. The number of carbonyl (C=O) groups excluding carboxylic acids is 2. The van der Waals surface area contributed by atoms with E-state index in [1.165, 1.54) is 13.0 Å². The molecule has 1 atom stereocenters. The summed E-state index contributed by atoms with van der Waals surface area (Å²) in [5.41, 5.74) is -0.389. The monoisotopic (exact) mass is 313 g/mol. The Morgan fingerprint density at radius 1 is 1.33 bits per heavy atom. The molecule has 0 saturated heterocycles. The van der Waals surface area contributed by atoms with Crippen molar-refractivity contribution in [3.8, 4) is 0 Å². The Bertz CT molecular complexity index is 514. The fraction of sp³-hybridized carbons (Fsp3) is 0.467. The zero-order valence-electron chi connectivity index (χ0n) is 12.6. The number of hydrogen-bond donors (Lipinski definition) is 1. The molecule has 6 heteroatoms. The zero-order valence-corrected chi connectivity index (χ0v) is 13.4. The summed E-state index contributed by atoms with van der Waals surface area (Å²) in [6.45, 7) is 7.03. The molecule has 21 heavy (non-hydrogen) atoms. The van der Waals surface area contributed by atoms with Gasteiger partial charge in [0, 0.05) is 10.4 Å². The number of halogens is 1. The third-order valence-electron chi connectivity index (χ3n) is 2.36. The van der Waals surface area contributed by atoms with Gasteiger partial charge in [0.05, 0.1) is 5.75 Å². The molecule has 1 aromatic rings. The molecule has 0 spiro atoms. The molecule has 0 heterocycles. The van der Waals surface area contributed by atoms with Gasteiger partial charge in [-0.05, 0) is 39.8 Å². The molecule has 0 fully saturated rings. The maximum atomic E-state index is 13.4. The largest absolute Gasteiger partial charge is 0.452 e. The lowest BCUT2D eigenvalue weighted by Gasteiger charge is -2.23. The second-order valence-corrected chi connectivity index (χ2v) is 6.61. The molecule has 1 amide bonds. The molecule has 1 rings (SSSR count). The molecule has 0 unspecified atom stereocenters. The highest BCUT2D eigenvalue weighted by Gasteiger charge is 2.22. The molecule has 0 aliphatic heterocycles. The van der Waals surface area contributed by atoms with Gasteiger partial charge in [-0.1, -0.05) is 12.1 Å². The van der Waals surface area contributed by atoms with Crippen molar-refractivity contribution in [2.75, 3.05) is 5.75 Å². The van der Waals surface area contributed by atoms with Gasteiger partial charge in [0.15, 0.2) is 6.10 Å². The van der Waals surface area contributed by atoms with Gasteiger partial charge in [0.25, 0.3) is 5.91 Å². The number of esters is 1. The van der Waals surface area contributed by atoms with E-state index in [1.807, 2.05) is 20.8 Å². The van der Waals surface area contributed by atoms with Crippen molar-refractivity contribution < 1.29 is 18.7 Å². The van der Waals surface area contributed by atoms with Crippen LogP contribution in [-0.2, 0) is 14.3 Å². The number of thioether (sulfide) groups is 1. The lowest BCUT2D eigenvalue weighted by molar-refractivity contribution is -0.152. The van der Waals surface area contributed by atoms with E-state index in [1.54, 1.807) is 18.2 Å². The van der Waals surface area contributed by atoms with Gasteiger partial charge in [-0.3, -0.25) is 9.59 Å². The van der Waals surface area contributed by atoms with Crippen LogP contribution in [0.15, 0.2) is 29.2 Å². The third kappa shape index (κ3) is 6.62. The maximum Gasteiger partial charge on any atom is 0.317 e. The highest BCUT2D eigenvalue weighted by atomic mass is 32.2. The van der Waals surface area contributed by atoms with Gasteiger partial charge in [-0.2, -0.15) is 0 Å². The first-order valence-corrected chi connectivity index (χ1v) is 7.56. The van der Waals surface area contributed by atoms with Crippen LogP contribution in [0.4, 0.5) is 4.39 Å². The molecular formula is C15H20FNO3S. The average Bonchev–Trinajstić information content (AvgIpc) is 2.35. The van der Waals surface area contributed by atoms with E-state index >= 15 is 0 Å². The molecule has 0 aliphatic rings. The summed E-state index contributed by atoms with van der Waals surface area (Å²) in [4.78, 5) is 23.8. The molecule has 0 saturated carbocycles. The normalized spacial score (nSPS) is 12.6. The predicted molar refractivity (Wildman–Crippen MR) is 80.6 cm³/mol. The number of ether oxygens (including phenoxy) is 1. The first-order valence-electron chi connectivity index (χ1n) is 6.58. The molecule has 0 bridgehead atoms. The first kappa shape index (κ1) is 17.5. The van der Waals surface area contributed by atoms with Crippen LogP contribution in [0, 0.1) is 5.82 Å². The SMILES string of the molecule is C[C@H](OC(=O)CSc1ccccc1F)C(=O)NC(C)(C)C. The van der Waals surface area contributed by atoms with Crippen LogP contribution in [0.3, 0.4) is 0 Å². The fourth-order valence-corrected chi connectivity index (χ4v) is 2.18. The molecule has 0 radical (unpaired) electrons. The number of hydrogen-bond acceptors (Lipinski definition) is 4. The van der Waals surface area contributed by atoms with Crippen LogP contribution < -0.4 is 5.32 Å². The topological polar surface area (TPSA) is 55.4 Å². The van der Waals surface area contributed by atoms with Crippen molar-refractivity contribution in [3.05, 3.63) is 30.1 Å². The first-order chi connectivity index (χ1) is 9.69. The van der Waals surface area contributed by atoms with Gasteiger partial charge in [0.1, 0.15) is 5.82 Å². The summed E-state index contributed by atoms with van der Waals surface area (Å²) in [6.07, 6.45) is -0.877. The lowest BCUT2D eigenvalue weighted by atomic mass is 10.1. The number of amides is 1. The van der Waals surface area contributed by atoms with Crippen LogP contribution >= 0.6 is 11.8 Å². The third-order valence-corrected chi connectivity index (χ3v) is 3.38. The average molecular weight is 313 g/mol. The molecule has 0 aliphatic carbocycles. The molecule has 4 nitrogen and oxygen atoms in total. The molecule has 116 valence electrons. The summed E-state index contributed by atoms with van der Waals surface area (Å²) in [7, 11) is 0. The van der Waals surface area contributed by atoms with E-state index in [-0.39, 0.29) is 23.0 Å². The Kier molecular flexibility index (Phi) is 6.20. The van der Waals surface area contributed by atoms with E-state index in [4.69, 9.17) is 4.74 Å². The molecular weight excluding hydrogens is 293 g/mol. The van der Waals surface area contributed by atoms with Gasteiger partial charge in [-0.15, -0.1) is 11.8 Å². The van der Waals surface area contributed by atoms with Crippen LogP contribution in [0.5, 0.6) is 0 Å². The van der Waals surface area contributed by atoms with Crippen LogP contribution in [-0.4, -0.2) is 29.3 Å². The van der Waals surface area contributed by atoms with Gasteiger partial charge in [0.2, 0.25) is 0 Å². The maximum absolute atomic E-state index is 13.4. The van der Waals surface area contributed by atoms with Gasteiger partial charge < -0.3 is 10.1 Å². The summed E-state index contributed by atoms with van der Waals surface area (Å²) in [5, 5.41) is 2.72. The minimum Gasteiger partial charge on any atom is -0.452 e. The number of carbonyl (C=O) groups is 2. The van der Waals surface area contributed by atoms with E-state index in [0.717, 1.165) is 11.8 Å². The Hall–Kier alpha value is -1.56. The second kappa shape index (κ2) is 7.45. The number of benzene rings is 1. The number of nitrogens with one attached hydrogen (secondary N) is 1. The fourth-order valence-electron chi connectivity index (χ4n) is 1.45. The minimum atomic E-state index is -0.877. The van der Waals surface area contributed by atoms with Crippen molar-refractivity contribution in [3.63, 3.8) is 0 Å². The smallest absolute Gasteiger partial charge is 0.317 e. The molecule has 1 N–H and O–H groups in total. The van der Waals surface area contributed by atoms with Crippen molar-refractivity contribution in [1.29, 1.82) is 0 Å². The van der Waals surface area contributed by atoms with E-state index < -0.39 is 12.1 Å². The van der Waals surface area contributed by atoms with E-state index in [9.17, 15) is 14.0 Å². The Labute approximate surface area is 128 Å². The van der Waals surface area contributed by atoms with E-state index in [0.29, 0.717) is 4.90 Å². The molecule has 1 aromatic carbocycles. The Morgan fingerprint density at radius 3 is 2.52 bits per heavy atom. The summed E-state index contributed by atoms with van der Waals surface area (Å²) < 4.78 is 18.4. The van der Waals surface area contributed by atoms with Crippen LogP contribution in [0.25, 0.3) is 0 Å². The van der Waals surface area contributed by atoms with Crippen LogP contribution in [0.2, 0.25) is 0 Å². The zero-order chi connectivity index (χ0) is 16.0. The second-order valence-electron chi connectivity index (χ2n) is 5.59. The van der Waals surface area contributed by atoms with Crippen molar-refractivity contribution >= 4 is 23.6 Å². The Morgan fingerprint density at radius 2 is 1.95 bits per heavy atom. The number of rotatable bonds is 5. The summed E-state index contributed by atoms with van der Waals surface area (Å²) in [6, 6.07) is 6.18. The van der Waals surface area contributed by atoms with Crippen LogP contribution in [0.1, 0.15) is 27.7 Å². The summed E-state index contributed by atoms with van der Waals surface area (Å²) in [5.74, 6) is -1.34. The lowest BCUT2D eigenvalue weighted by Crippen LogP contribution is -2.46. The highest BCUT2D eigenvalue weighted by molar-refractivity contribution is 8.00. The highest BCUT2D eigenvalue weighted by Crippen LogP contribution is 2.21. The predicted octanol–water partition coefficient (Wildman–Crippen LogP) is 2.76. The quantitative estimate of drug-likeness (QED) is 0.671. The Balaban J connectivity index is 2.43. The van der Waals surface area contributed by atoms with Crippen molar-refractivity contribution in [1.82, 2.24) is 5.32 Å². The minimum absolute atomic E-state index is 0.0475. The van der Waals surface area contributed by atoms with Crippen molar-refractivity contribution in [2.24, 2.45) is 0 Å².